The first-order valence-electron chi connectivity index (χ1n) is 11.6. The second-order valence-corrected chi connectivity index (χ2v) is 9.58. The van der Waals surface area contributed by atoms with E-state index in [1.54, 1.807) is 18.5 Å². The highest BCUT2D eigenvalue weighted by molar-refractivity contribution is 9.18. The molecule has 2 amide bonds. The molecule has 2 atom stereocenters. The van der Waals surface area contributed by atoms with Gasteiger partial charge in [0.15, 0.2) is 6.10 Å². The molecule has 2 aromatic carbocycles. The van der Waals surface area contributed by atoms with Crippen LogP contribution in [0, 0.1) is 5.82 Å². The van der Waals surface area contributed by atoms with Crippen LogP contribution in [0.5, 0.6) is 0 Å². The van der Waals surface area contributed by atoms with Crippen LogP contribution in [-0.2, 0) is 27.4 Å². The summed E-state index contributed by atoms with van der Waals surface area (Å²) < 4.78 is 19.9. The number of oxime groups is 1. The van der Waals surface area contributed by atoms with Gasteiger partial charge in [-0.05, 0) is 51.8 Å². The van der Waals surface area contributed by atoms with Crippen molar-refractivity contribution in [3.8, 4) is 0 Å². The van der Waals surface area contributed by atoms with Crippen LogP contribution in [0.1, 0.15) is 17.5 Å². The Morgan fingerprint density at radius 3 is 2.95 bits per heavy atom. The number of para-hydroxylation sites is 1. The zero-order chi connectivity index (χ0) is 25.8. The van der Waals surface area contributed by atoms with Gasteiger partial charge in [0.05, 0.1) is 12.1 Å². The second-order valence-electron chi connectivity index (χ2n) is 8.66. The smallest absolute Gasteiger partial charge is 0.408 e. The van der Waals surface area contributed by atoms with Crippen LogP contribution >= 0.6 is 15.9 Å². The lowest BCUT2D eigenvalue weighted by Gasteiger charge is -2.19. The van der Waals surface area contributed by atoms with Crippen molar-refractivity contribution in [1.82, 2.24) is 20.6 Å². The summed E-state index contributed by atoms with van der Waals surface area (Å²) in [5.74, 6) is -0.823. The predicted octanol–water partition coefficient (Wildman–Crippen LogP) is 4.31. The number of nitrogens with one attached hydrogen (secondary N) is 3. The molecule has 0 spiro atoms. The van der Waals surface area contributed by atoms with Crippen LogP contribution in [0.2, 0.25) is 0 Å². The molecule has 3 heterocycles. The molecule has 4 aromatic rings. The van der Waals surface area contributed by atoms with E-state index >= 15 is 0 Å². The summed E-state index contributed by atoms with van der Waals surface area (Å²) in [5.41, 5.74) is 2.96. The average Bonchev–Trinajstić information content (AvgIpc) is 3.50. The van der Waals surface area contributed by atoms with Gasteiger partial charge in [0, 0.05) is 47.1 Å². The van der Waals surface area contributed by atoms with Crippen molar-refractivity contribution >= 4 is 54.4 Å². The third kappa shape index (κ3) is 6.05. The summed E-state index contributed by atoms with van der Waals surface area (Å²) in [5, 5.41) is 10.8. The second kappa shape index (κ2) is 11.0. The fourth-order valence-electron chi connectivity index (χ4n) is 4.12. The fraction of sp³-hybridized carbons (Fsp3) is 0.231. The van der Waals surface area contributed by atoms with Crippen molar-refractivity contribution in [2.45, 2.75) is 31.6 Å². The van der Waals surface area contributed by atoms with Crippen molar-refractivity contribution in [3.63, 3.8) is 0 Å². The van der Waals surface area contributed by atoms with Crippen molar-refractivity contribution in [1.29, 1.82) is 0 Å². The summed E-state index contributed by atoms with van der Waals surface area (Å²) >= 11 is 3.27. The Labute approximate surface area is 219 Å². The van der Waals surface area contributed by atoms with Gasteiger partial charge in [-0.15, -0.1) is 0 Å². The molecule has 190 valence electrons. The van der Waals surface area contributed by atoms with Crippen LogP contribution in [0.25, 0.3) is 21.8 Å². The first kappa shape index (κ1) is 24.7. The minimum absolute atomic E-state index is 0.0163. The quantitative estimate of drug-likeness (QED) is 0.293. The van der Waals surface area contributed by atoms with Crippen LogP contribution in [0.4, 0.5) is 9.18 Å². The zero-order valence-corrected chi connectivity index (χ0v) is 21.1. The number of pyridine rings is 1. The number of ether oxygens (including phenoxy) is 1. The standard InChI is InChI=1S/C26H23BrFN5O4/c27-24-10-19(37-33-24)13-31-25(34)23(8-17-12-30-22-6-5-18(28)9-20(17)22)32-26(35)36-14-15-7-16-3-1-2-4-21(16)29-11-15/h1-7,9,11-12,19,23,30H,8,10,13-14H2,(H,31,34)(H,32,35)/t19-,23?/m1/s1. The predicted molar refractivity (Wildman–Crippen MR) is 140 cm³/mol. The maximum atomic E-state index is 13.9. The van der Waals surface area contributed by atoms with Gasteiger partial charge in [0.25, 0.3) is 0 Å². The molecule has 1 unspecified atom stereocenters. The molecule has 0 saturated heterocycles. The van der Waals surface area contributed by atoms with Gasteiger partial charge in [-0.3, -0.25) is 9.78 Å². The Balaban J connectivity index is 1.26. The van der Waals surface area contributed by atoms with E-state index < -0.39 is 23.9 Å². The summed E-state index contributed by atoms with van der Waals surface area (Å²) in [4.78, 5) is 38.4. The number of amides is 2. The molecule has 1 aliphatic heterocycles. The highest BCUT2D eigenvalue weighted by Gasteiger charge is 2.26. The first-order valence-corrected chi connectivity index (χ1v) is 12.4. The number of benzene rings is 2. The topological polar surface area (TPSA) is 118 Å². The molecular formula is C26H23BrFN5O4. The lowest BCUT2D eigenvalue weighted by molar-refractivity contribution is -0.123. The van der Waals surface area contributed by atoms with Crippen LogP contribution in [-0.4, -0.2) is 45.3 Å². The van der Waals surface area contributed by atoms with E-state index in [-0.39, 0.29) is 25.7 Å². The SMILES string of the molecule is O=C(NC(Cc1c[nH]c2ccc(F)cc12)C(=O)NC[C@H]1CC(Br)=NO1)OCc1cnc2ccccc2c1. The molecule has 0 bridgehead atoms. The van der Waals surface area contributed by atoms with E-state index in [4.69, 9.17) is 9.57 Å². The first-order chi connectivity index (χ1) is 17.9. The van der Waals surface area contributed by atoms with E-state index in [9.17, 15) is 14.0 Å². The molecule has 0 radical (unpaired) electrons. The molecule has 0 aliphatic carbocycles. The normalized spacial score (nSPS) is 15.7. The summed E-state index contributed by atoms with van der Waals surface area (Å²) in [6.45, 7) is 0.188. The van der Waals surface area contributed by atoms with Gasteiger partial charge < -0.3 is 25.2 Å². The van der Waals surface area contributed by atoms with Crippen molar-refractivity contribution in [2.75, 3.05) is 6.54 Å². The third-order valence-electron chi connectivity index (χ3n) is 5.98. The van der Waals surface area contributed by atoms with Crippen LogP contribution in [0.3, 0.4) is 0 Å². The average molecular weight is 568 g/mol. The number of carbonyl (C=O) groups is 2. The van der Waals surface area contributed by atoms with E-state index in [0.717, 1.165) is 16.4 Å². The number of aromatic nitrogens is 2. The number of H-pyrrole nitrogens is 1. The van der Waals surface area contributed by atoms with Gasteiger partial charge in [-0.2, -0.15) is 0 Å². The molecule has 0 fully saturated rings. The summed E-state index contributed by atoms with van der Waals surface area (Å²) in [6, 6.07) is 12.9. The number of alkyl carbamates (subject to hydrolysis) is 1. The minimum Gasteiger partial charge on any atom is -0.445 e. The maximum absolute atomic E-state index is 13.9. The number of fused-ring (bicyclic) bond motifs is 2. The molecule has 5 rings (SSSR count). The van der Waals surface area contributed by atoms with E-state index in [0.29, 0.717) is 27.6 Å². The largest absolute Gasteiger partial charge is 0.445 e. The Bertz CT molecular complexity index is 1490. The molecule has 37 heavy (non-hydrogen) atoms. The highest BCUT2D eigenvalue weighted by atomic mass is 79.9. The molecule has 9 nitrogen and oxygen atoms in total. The molecule has 1 aliphatic rings. The number of hydrogen-bond donors (Lipinski definition) is 3. The highest BCUT2D eigenvalue weighted by Crippen LogP contribution is 2.21. The Morgan fingerprint density at radius 2 is 2.11 bits per heavy atom. The maximum Gasteiger partial charge on any atom is 0.408 e. The Morgan fingerprint density at radius 1 is 1.24 bits per heavy atom. The van der Waals surface area contributed by atoms with Gasteiger partial charge in [-0.1, -0.05) is 23.4 Å². The van der Waals surface area contributed by atoms with Crippen LogP contribution < -0.4 is 10.6 Å². The van der Waals surface area contributed by atoms with Gasteiger partial charge >= 0.3 is 6.09 Å². The Hall–Kier alpha value is -3.99. The van der Waals surface area contributed by atoms with Gasteiger partial charge in [0.1, 0.15) is 23.1 Å². The minimum atomic E-state index is -0.977. The van der Waals surface area contributed by atoms with E-state index in [1.807, 2.05) is 30.3 Å². The molecule has 11 heteroatoms. The van der Waals surface area contributed by atoms with Crippen LogP contribution in [0.15, 0.2) is 66.1 Å². The lowest BCUT2D eigenvalue weighted by atomic mass is 10.0. The molecular weight excluding hydrogens is 545 g/mol. The molecule has 0 saturated carbocycles. The van der Waals surface area contributed by atoms with E-state index in [1.165, 1.54) is 12.1 Å². The number of nitrogens with zero attached hydrogens (tertiary/aromatic N) is 2. The van der Waals surface area contributed by atoms with Crippen molar-refractivity contribution in [3.05, 3.63) is 77.9 Å². The van der Waals surface area contributed by atoms with Gasteiger partial charge in [-0.25, -0.2) is 9.18 Å². The number of carbonyl (C=O) groups excluding carboxylic acids is 2. The third-order valence-corrected chi connectivity index (χ3v) is 6.45. The van der Waals surface area contributed by atoms with Gasteiger partial charge in [0.2, 0.25) is 5.91 Å². The number of hydrogen-bond acceptors (Lipinski definition) is 6. The monoisotopic (exact) mass is 567 g/mol. The zero-order valence-electron chi connectivity index (χ0n) is 19.5. The Kier molecular flexibility index (Phi) is 7.31. The molecule has 3 N–H and O–H groups in total. The van der Waals surface area contributed by atoms with Crippen molar-refractivity contribution < 1.29 is 23.6 Å². The fourth-order valence-corrected chi connectivity index (χ4v) is 4.56. The number of halogens is 2. The van der Waals surface area contributed by atoms with E-state index in [2.05, 4.69) is 41.7 Å². The lowest BCUT2D eigenvalue weighted by Crippen LogP contribution is -2.49. The summed E-state index contributed by atoms with van der Waals surface area (Å²) in [6.07, 6.45) is 2.91. The van der Waals surface area contributed by atoms with Crippen molar-refractivity contribution in [2.24, 2.45) is 5.16 Å². The summed E-state index contributed by atoms with van der Waals surface area (Å²) in [7, 11) is 0. The molecule has 2 aromatic heterocycles. The number of aromatic amines is 1. The number of rotatable bonds is 8.